The maximum Gasteiger partial charge on any atom is 0.293 e. The van der Waals surface area contributed by atoms with Crippen LogP contribution in [0.15, 0.2) is 35.3 Å². The van der Waals surface area contributed by atoms with E-state index in [-0.39, 0.29) is 23.8 Å². The topological polar surface area (TPSA) is 101 Å². The first-order chi connectivity index (χ1) is 17.4. The molecule has 0 aliphatic carbocycles. The van der Waals surface area contributed by atoms with Crippen molar-refractivity contribution in [2.45, 2.75) is 46.1 Å². The smallest absolute Gasteiger partial charge is 0.293 e. The summed E-state index contributed by atoms with van der Waals surface area (Å²) >= 11 is 6.44. The van der Waals surface area contributed by atoms with Crippen molar-refractivity contribution in [1.29, 1.82) is 0 Å². The van der Waals surface area contributed by atoms with E-state index < -0.39 is 0 Å². The molecule has 36 heavy (non-hydrogen) atoms. The number of rotatable bonds is 9. The summed E-state index contributed by atoms with van der Waals surface area (Å²) in [6.07, 6.45) is 5.75. The van der Waals surface area contributed by atoms with Crippen LogP contribution in [0.2, 0.25) is 5.02 Å². The minimum atomic E-state index is -0.303. The van der Waals surface area contributed by atoms with Gasteiger partial charge in [0.15, 0.2) is 18.2 Å². The molecule has 10 heteroatoms. The molecular formula is C26H33ClN6O3. The van der Waals surface area contributed by atoms with Gasteiger partial charge in [-0.05, 0) is 49.4 Å². The third-order valence-electron chi connectivity index (χ3n) is 6.37. The van der Waals surface area contributed by atoms with E-state index in [1.54, 1.807) is 16.8 Å². The highest BCUT2D eigenvalue weighted by Gasteiger charge is 2.20. The van der Waals surface area contributed by atoms with Crippen LogP contribution in [0, 0.1) is 5.92 Å². The van der Waals surface area contributed by atoms with Crippen molar-refractivity contribution in [1.82, 2.24) is 19.9 Å². The number of pyridine rings is 1. The highest BCUT2D eigenvalue weighted by atomic mass is 35.5. The number of benzene rings is 1. The fourth-order valence-electron chi connectivity index (χ4n) is 4.40. The number of halogens is 1. The van der Waals surface area contributed by atoms with E-state index in [4.69, 9.17) is 21.3 Å². The average molecular weight is 513 g/mol. The second kappa shape index (κ2) is 11.6. The van der Waals surface area contributed by atoms with Crippen LogP contribution in [-0.4, -0.2) is 47.2 Å². The molecule has 9 nitrogen and oxygen atoms in total. The number of amides is 1. The molecule has 1 aliphatic heterocycles. The fraction of sp³-hybridized carbons (Fsp3) is 0.462. The lowest BCUT2D eigenvalue weighted by Crippen LogP contribution is -2.35. The van der Waals surface area contributed by atoms with Crippen molar-refractivity contribution in [3.05, 3.63) is 45.8 Å². The van der Waals surface area contributed by atoms with E-state index in [1.807, 2.05) is 18.2 Å². The molecule has 0 radical (unpaired) electrons. The van der Waals surface area contributed by atoms with E-state index in [9.17, 15) is 9.59 Å². The van der Waals surface area contributed by atoms with Crippen molar-refractivity contribution in [3.8, 4) is 5.75 Å². The maximum absolute atomic E-state index is 13.1. The van der Waals surface area contributed by atoms with Gasteiger partial charge >= 0.3 is 0 Å². The van der Waals surface area contributed by atoms with Gasteiger partial charge in [0.1, 0.15) is 5.02 Å². The van der Waals surface area contributed by atoms with E-state index in [0.717, 1.165) is 48.9 Å². The number of nitrogens with zero attached hydrogens (tertiary/aromatic N) is 4. The summed E-state index contributed by atoms with van der Waals surface area (Å²) in [5.74, 6) is 1.62. The molecule has 1 unspecified atom stereocenters. The van der Waals surface area contributed by atoms with Gasteiger partial charge in [-0.3, -0.25) is 9.59 Å². The zero-order valence-corrected chi connectivity index (χ0v) is 21.8. The second-order valence-corrected chi connectivity index (χ2v) is 9.65. The summed E-state index contributed by atoms with van der Waals surface area (Å²) in [4.78, 5) is 36.1. The van der Waals surface area contributed by atoms with Crippen molar-refractivity contribution in [2.24, 2.45) is 5.92 Å². The molecule has 0 spiro atoms. The number of carbonyl (C=O) groups excluding carboxylic acids is 1. The van der Waals surface area contributed by atoms with Crippen LogP contribution in [0.4, 0.5) is 17.5 Å². The fourth-order valence-corrected chi connectivity index (χ4v) is 4.54. The largest absolute Gasteiger partial charge is 0.478 e. The quantitative estimate of drug-likeness (QED) is 0.439. The van der Waals surface area contributed by atoms with Crippen molar-refractivity contribution >= 4 is 45.9 Å². The molecule has 2 N–H and O–H groups in total. The predicted octanol–water partition coefficient (Wildman–Crippen LogP) is 4.35. The Balaban J connectivity index is 1.66. The number of piperidine rings is 1. The lowest BCUT2D eigenvalue weighted by atomic mass is 10.0. The molecule has 1 aliphatic rings. The number of anilines is 3. The number of likely N-dealkylation sites (N-methyl/N-ethyl adjacent to an activating group) is 1. The Labute approximate surface area is 215 Å². The molecule has 0 saturated carbocycles. The van der Waals surface area contributed by atoms with Gasteiger partial charge in [-0.25, -0.2) is 4.98 Å². The lowest BCUT2D eigenvalue weighted by molar-refractivity contribution is -0.122. The van der Waals surface area contributed by atoms with Gasteiger partial charge in [0, 0.05) is 37.8 Å². The number of ether oxygens (including phenoxy) is 1. The minimum Gasteiger partial charge on any atom is -0.478 e. The normalized spacial score (nSPS) is 15.7. The van der Waals surface area contributed by atoms with Crippen molar-refractivity contribution in [3.63, 3.8) is 0 Å². The molecule has 1 amide bonds. The van der Waals surface area contributed by atoms with Crippen LogP contribution in [0.5, 0.6) is 5.75 Å². The lowest BCUT2D eigenvalue weighted by Gasteiger charge is -2.31. The highest BCUT2D eigenvalue weighted by Crippen LogP contribution is 2.29. The van der Waals surface area contributed by atoms with E-state index >= 15 is 0 Å². The first kappa shape index (κ1) is 25.8. The zero-order valence-electron chi connectivity index (χ0n) is 21.0. The summed E-state index contributed by atoms with van der Waals surface area (Å²) in [6.45, 7) is 6.50. The van der Waals surface area contributed by atoms with E-state index in [0.29, 0.717) is 29.3 Å². The van der Waals surface area contributed by atoms with Gasteiger partial charge < -0.3 is 24.8 Å². The summed E-state index contributed by atoms with van der Waals surface area (Å²) in [5.41, 5.74) is 1.31. The van der Waals surface area contributed by atoms with Gasteiger partial charge in [0.05, 0.1) is 11.7 Å². The second-order valence-electron chi connectivity index (χ2n) is 9.24. The number of fused-ring (bicyclic) bond motifs is 1. The monoisotopic (exact) mass is 512 g/mol. The van der Waals surface area contributed by atoms with E-state index in [1.165, 1.54) is 13.5 Å². The average Bonchev–Trinajstić information content (AvgIpc) is 2.88. The first-order valence-electron chi connectivity index (χ1n) is 12.4. The van der Waals surface area contributed by atoms with Crippen LogP contribution < -0.4 is 25.8 Å². The number of hydrogen-bond acceptors (Lipinski definition) is 7. The molecule has 3 heterocycles. The molecule has 1 aromatic carbocycles. The van der Waals surface area contributed by atoms with Gasteiger partial charge in [0.2, 0.25) is 5.95 Å². The molecule has 2 aromatic heterocycles. The molecule has 4 rings (SSSR count). The van der Waals surface area contributed by atoms with Crippen LogP contribution >= 0.6 is 11.6 Å². The van der Waals surface area contributed by atoms with Crippen molar-refractivity contribution < 1.29 is 9.53 Å². The van der Waals surface area contributed by atoms with Crippen LogP contribution in [0.1, 0.15) is 39.5 Å². The zero-order chi connectivity index (χ0) is 25.7. The number of unbranched alkanes of at least 4 members (excludes halogenated alkanes) is 1. The van der Waals surface area contributed by atoms with Crippen LogP contribution in [0.25, 0.3) is 10.9 Å². The SMILES string of the molecule is CCCCn1c(=O)c(OCC(=O)NC)cc2cc(Nc3nc(N4CCCC(C)C4)ncc3Cl)ccc21. The standard InChI is InChI=1S/C26H33ClN6O3/c1-4-5-11-33-21-9-8-19(12-18(21)13-22(25(33)35)36-16-23(34)28-3)30-24-20(27)14-29-26(31-24)32-10-6-7-17(2)15-32/h8-9,12-14,17H,4-7,10-11,15-16H2,1-3H3,(H,28,34)(H,29,30,31). The predicted molar refractivity (Wildman–Crippen MR) is 144 cm³/mol. The summed E-state index contributed by atoms with van der Waals surface area (Å²) < 4.78 is 7.28. The summed E-state index contributed by atoms with van der Waals surface area (Å²) in [7, 11) is 1.53. The van der Waals surface area contributed by atoms with Crippen molar-refractivity contribution in [2.75, 3.05) is 37.0 Å². The number of nitrogens with one attached hydrogen (secondary N) is 2. The van der Waals surface area contributed by atoms with Crippen LogP contribution in [0.3, 0.4) is 0 Å². The summed E-state index contributed by atoms with van der Waals surface area (Å²) in [5, 5.41) is 7.04. The van der Waals surface area contributed by atoms with Gasteiger partial charge in [-0.15, -0.1) is 0 Å². The minimum absolute atomic E-state index is 0.140. The molecule has 3 aromatic rings. The third kappa shape index (κ3) is 5.90. The Morgan fingerprint density at radius 1 is 1.31 bits per heavy atom. The first-order valence-corrected chi connectivity index (χ1v) is 12.8. The Morgan fingerprint density at radius 2 is 2.14 bits per heavy atom. The molecular weight excluding hydrogens is 480 g/mol. The molecule has 192 valence electrons. The number of aryl methyl sites for hydroxylation is 1. The molecule has 0 bridgehead atoms. The van der Waals surface area contributed by atoms with Gasteiger partial charge in [-0.1, -0.05) is 31.9 Å². The molecule has 1 saturated heterocycles. The Morgan fingerprint density at radius 3 is 2.89 bits per heavy atom. The van der Waals surface area contributed by atoms with Gasteiger partial charge in [-0.2, -0.15) is 4.98 Å². The Kier molecular flexibility index (Phi) is 8.30. The number of carbonyl (C=O) groups is 1. The number of aromatic nitrogens is 3. The van der Waals surface area contributed by atoms with Crippen LogP contribution in [-0.2, 0) is 11.3 Å². The Hall–Kier alpha value is -3.33. The van der Waals surface area contributed by atoms with E-state index in [2.05, 4.69) is 34.4 Å². The molecule has 1 atom stereocenters. The highest BCUT2D eigenvalue weighted by molar-refractivity contribution is 6.32. The maximum atomic E-state index is 13.1. The third-order valence-corrected chi connectivity index (χ3v) is 6.64. The summed E-state index contributed by atoms with van der Waals surface area (Å²) in [6, 6.07) is 7.40. The Bertz CT molecular complexity index is 1290. The number of hydrogen-bond donors (Lipinski definition) is 2. The molecule has 1 fully saturated rings. The van der Waals surface area contributed by atoms with Gasteiger partial charge in [0.25, 0.3) is 11.5 Å².